The molecule has 20 heavy (non-hydrogen) atoms. The maximum Gasteiger partial charge on any atom is 0.0961 e. The molecule has 110 valence electrons. The molecule has 1 aliphatic carbocycles. The molecule has 1 aliphatic heterocycles. The van der Waals surface area contributed by atoms with Gasteiger partial charge < -0.3 is 14.8 Å². The summed E-state index contributed by atoms with van der Waals surface area (Å²) in [6, 6.07) is 9.03. The Morgan fingerprint density at radius 1 is 1.30 bits per heavy atom. The Balaban J connectivity index is 1.60. The van der Waals surface area contributed by atoms with Gasteiger partial charge in [-0.3, -0.25) is 0 Å². The highest BCUT2D eigenvalue weighted by molar-refractivity contribution is 9.10. The lowest BCUT2D eigenvalue weighted by Crippen LogP contribution is -2.27. The van der Waals surface area contributed by atoms with Crippen LogP contribution in [0.1, 0.15) is 37.4 Å². The molecular weight excluding hydrogens is 318 g/mol. The quantitative estimate of drug-likeness (QED) is 0.825. The van der Waals surface area contributed by atoms with Gasteiger partial charge in [-0.1, -0.05) is 34.1 Å². The minimum Gasteiger partial charge on any atom is -0.376 e. The highest BCUT2D eigenvalue weighted by atomic mass is 79.9. The van der Waals surface area contributed by atoms with Gasteiger partial charge in [-0.2, -0.15) is 0 Å². The first-order chi connectivity index (χ1) is 9.83. The Morgan fingerprint density at radius 3 is 2.85 bits per heavy atom. The Kier molecular flexibility index (Phi) is 5.10. The molecule has 2 fully saturated rings. The molecule has 1 heterocycles. The Bertz CT molecular complexity index is 430. The van der Waals surface area contributed by atoms with E-state index in [1.165, 1.54) is 18.4 Å². The number of nitrogens with one attached hydrogen (secondary N) is 1. The van der Waals surface area contributed by atoms with Crippen LogP contribution in [-0.2, 0) is 9.47 Å². The first-order valence-electron chi connectivity index (χ1n) is 7.54. The minimum atomic E-state index is 0.0929. The minimum absolute atomic E-state index is 0.0929. The molecule has 1 N–H and O–H groups in total. The largest absolute Gasteiger partial charge is 0.376 e. The van der Waals surface area contributed by atoms with Crippen molar-refractivity contribution in [2.45, 2.75) is 43.9 Å². The van der Waals surface area contributed by atoms with Crippen molar-refractivity contribution in [2.24, 2.45) is 0 Å². The lowest BCUT2D eigenvalue weighted by Gasteiger charge is -2.22. The average molecular weight is 340 g/mol. The smallest absolute Gasteiger partial charge is 0.0961 e. The first-order valence-corrected chi connectivity index (χ1v) is 8.33. The fourth-order valence-corrected chi connectivity index (χ4v) is 3.10. The molecule has 1 saturated heterocycles. The van der Waals surface area contributed by atoms with Crippen LogP contribution in [0.2, 0.25) is 0 Å². The lowest BCUT2D eigenvalue weighted by atomic mass is 10.1. The van der Waals surface area contributed by atoms with E-state index in [2.05, 4.69) is 39.4 Å². The summed E-state index contributed by atoms with van der Waals surface area (Å²) in [5.74, 6) is 0. The van der Waals surface area contributed by atoms with Crippen molar-refractivity contribution in [2.75, 3.05) is 19.8 Å². The summed E-state index contributed by atoms with van der Waals surface area (Å²) in [5, 5.41) is 3.57. The third kappa shape index (κ3) is 4.04. The molecule has 2 atom stereocenters. The van der Waals surface area contributed by atoms with Crippen LogP contribution in [0.25, 0.3) is 0 Å². The van der Waals surface area contributed by atoms with Crippen molar-refractivity contribution in [3.63, 3.8) is 0 Å². The van der Waals surface area contributed by atoms with Gasteiger partial charge >= 0.3 is 0 Å². The summed E-state index contributed by atoms with van der Waals surface area (Å²) in [6.07, 6.45) is 5.26. The number of hydrogen-bond acceptors (Lipinski definition) is 3. The summed E-state index contributed by atoms with van der Waals surface area (Å²) in [4.78, 5) is 0. The lowest BCUT2D eigenvalue weighted by molar-refractivity contribution is -0.0213. The van der Waals surface area contributed by atoms with Crippen LogP contribution in [-0.4, -0.2) is 31.9 Å². The van der Waals surface area contributed by atoms with E-state index in [-0.39, 0.29) is 12.2 Å². The first kappa shape index (κ1) is 14.5. The zero-order valence-electron chi connectivity index (χ0n) is 11.7. The molecule has 1 saturated carbocycles. The molecule has 1 aromatic carbocycles. The van der Waals surface area contributed by atoms with E-state index in [1.54, 1.807) is 0 Å². The van der Waals surface area contributed by atoms with Gasteiger partial charge in [-0.05, 0) is 37.3 Å². The highest BCUT2D eigenvalue weighted by Gasteiger charge is 2.25. The summed E-state index contributed by atoms with van der Waals surface area (Å²) < 4.78 is 12.9. The van der Waals surface area contributed by atoms with Crippen LogP contribution in [0.5, 0.6) is 0 Å². The van der Waals surface area contributed by atoms with Crippen molar-refractivity contribution < 1.29 is 9.47 Å². The van der Waals surface area contributed by atoms with Gasteiger partial charge in [-0.25, -0.2) is 0 Å². The van der Waals surface area contributed by atoms with Crippen molar-refractivity contribution in [1.82, 2.24) is 5.32 Å². The highest BCUT2D eigenvalue weighted by Crippen LogP contribution is 2.28. The van der Waals surface area contributed by atoms with E-state index >= 15 is 0 Å². The second-order valence-corrected chi connectivity index (χ2v) is 6.52. The van der Waals surface area contributed by atoms with Crippen LogP contribution in [0.4, 0.5) is 0 Å². The molecular formula is C16H22BrNO2. The predicted octanol–water partition coefficient (Wildman–Crippen LogP) is 3.44. The van der Waals surface area contributed by atoms with Gasteiger partial charge in [-0.15, -0.1) is 0 Å². The summed E-state index contributed by atoms with van der Waals surface area (Å²) in [7, 11) is 0. The maximum absolute atomic E-state index is 6.15. The summed E-state index contributed by atoms with van der Waals surface area (Å²) in [6.45, 7) is 2.45. The number of rotatable bonds is 7. The monoisotopic (exact) mass is 339 g/mol. The Hall–Kier alpha value is -0.420. The third-order valence-electron chi connectivity index (χ3n) is 3.93. The number of ether oxygens (including phenoxy) is 2. The van der Waals surface area contributed by atoms with E-state index in [1.807, 2.05) is 6.07 Å². The molecule has 0 amide bonds. The zero-order valence-corrected chi connectivity index (χ0v) is 13.3. The van der Waals surface area contributed by atoms with Gasteiger partial charge in [0.2, 0.25) is 0 Å². The van der Waals surface area contributed by atoms with E-state index in [0.29, 0.717) is 12.6 Å². The van der Waals surface area contributed by atoms with Crippen LogP contribution in [0, 0.1) is 0 Å². The van der Waals surface area contributed by atoms with Gasteiger partial charge in [0.15, 0.2) is 0 Å². The fourth-order valence-electron chi connectivity index (χ4n) is 2.56. The summed E-state index contributed by atoms with van der Waals surface area (Å²) >= 11 is 3.63. The molecule has 3 rings (SSSR count). The number of halogens is 1. The second kappa shape index (κ2) is 7.03. The Labute approximate surface area is 129 Å². The number of hydrogen-bond donors (Lipinski definition) is 1. The van der Waals surface area contributed by atoms with E-state index in [0.717, 1.165) is 30.5 Å². The molecule has 0 bridgehead atoms. The maximum atomic E-state index is 6.15. The number of benzene rings is 1. The normalized spacial score (nSPS) is 23.9. The zero-order chi connectivity index (χ0) is 13.8. The van der Waals surface area contributed by atoms with E-state index < -0.39 is 0 Å². The predicted molar refractivity (Wildman–Crippen MR) is 82.8 cm³/mol. The SMILES string of the molecule is Brc1ccccc1C(CNC1CC1)OCC1CCCO1. The van der Waals surface area contributed by atoms with Crippen molar-refractivity contribution in [1.29, 1.82) is 0 Å². The Morgan fingerprint density at radius 2 is 2.15 bits per heavy atom. The van der Waals surface area contributed by atoms with Gasteiger partial charge in [0.05, 0.1) is 18.8 Å². The standard InChI is InChI=1S/C16H22BrNO2/c17-15-6-2-1-5-14(15)16(10-18-12-7-8-12)20-11-13-4-3-9-19-13/h1-2,5-6,12-13,16,18H,3-4,7-11H2. The van der Waals surface area contributed by atoms with Crippen molar-refractivity contribution >= 4 is 15.9 Å². The molecule has 4 heteroatoms. The summed E-state index contributed by atoms with van der Waals surface area (Å²) in [5.41, 5.74) is 1.22. The topological polar surface area (TPSA) is 30.5 Å². The van der Waals surface area contributed by atoms with Crippen LogP contribution >= 0.6 is 15.9 Å². The molecule has 2 unspecified atom stereocenters. The van der Waals surface area contributed by atoms with Gasteiger partial charge in [0.1, 0.15) is 0 Å². The third-order valence-corrected chi connectivity index (χ3v) is 4.65. The molecule has 0 spiro atoms. The second-order valence-electron chi connectivity index (χ2n) is 5.66. The molecule has 3 nitrogen and oxygen atoms in total. The van der Waals surface area contributed by atoms with Crippen molar-refractivity contribution in [3.05, 3.63) is 34.3 Å². The van der Waals surface area contributed by atoms with Crippen LogP contribution < -0.4 is 5.32 Å². The molecule has 1 aromatic rings. The van der Waals surface area contributed by atoms with Crippen LogP contribution in [0.15, 0.2) is 28.7 Å². The van der Waals surface area contributed by atoms with E-state index in [4.69, 9.17) is 9.47 Å². The van der Waals surface area contributed by atoms with Crippen molar-refractivity contribution in [3.8, 4) is 0 Å². The molecule has 0 aromatic heterocycles. The fraction of sp³-hybridized carbons (Fsp3) is 0.625. The van der Waals surface area contributed by atoms with Crippen LogP contribution in [0.3, 0.4) is 0 Å². The molecule has 2 aliphatic rings. The van der Waals surface area contributed by atoms with Gasteiger partial charge in [0, 0.05) is 23.7 Å². The van der Waals surface area contributed by atoms with Gasteiger partial charge in [0.25, 0.3) is 0 Å². The average Bonchev–Trinajstić information content (AvgIpc) is 3.14. The molecule has 0 radical (unpaired) electrons. The van der Waals surface area contributed by atoms with E-state index in [9.17, 15) is 0 Å².